The van der Waals surface area contributed by atoms with Crippen molar-refractivity contribution < 1.29 is 14.0 Å². The summed E-state index contributed by atoms with van der Waals surface area (Å²) in [6, 6.07) is 11.8. The highest BCUT2D eigenvalue weighted by atomic mass is 32.1. The first-order valence-corrected chi connectivity index (χ1v) is 10.1. The Bertz CT molecular complexity index is 981. The molecule has 6 nitrogen and oxygen atoms in total. The summed E-state index contributed by atoms with van der Waals surface area (Å²) in [7, 11) is 1.78. The number of halogens is 1. The van der Waals surface area contributed by atoms with Gasteiger partial charge in [0.25, 0.3) is 5.91 Å². The van der Waals surface area contributed by atoms with Gasteiger partial charge in [0.2, 0.25) is 5.91 Å². The smallest absolute Gasteiger partial charge is 0.263 e. The van der Waals surface area contributed by atoms with Crippen LogP contribution in [0, 0.1) is 5.82 Å². The van der Waals surface area contributed by atoms with E-state index in [9.17, 15) is 14.0 Å². The van der Waals surface area contributed by atoms with Crippen LogP contribution in [0.25, 0.3) is 11.3 Å². The van der Waals surface area contributed by atoms with E-state index in [-0.39, 0.29) is 17.6 Å². The summed E-state index contributed by atoms with van der Waals surface area (Å²) in [6.07, 6.45) is 1.54. The third kappa shape index (κ3) is 5.74. The quantitative estimate of drug-likeness (QED) is 0.591. The van der Waals surface area contributed by atoms with Crippen LogP contribution in [0.15, 0.2) is 42.5 Å². The van der Waals surface area contributed by atoms with Gasteiger partial charge in [-0.2, -0.15) is 5.10 Å². The van der Waals surface area contributed by atoms with E-state index in [0.717, 1.165) is 34.7 Å². The zero-order valence-corrected chi connectivity index (χ0v) is 17.2. The number of amides is 2. The highest BCUT2D eigenvalue weighted by molar-refractivity contribution is 7.14. The van der Waals surface area contributed by atoms with Crippen molar-refractivity contribution in [3.63, 3.8) is 0 Å². The van der Waals surface area contributed by atoms with Gasteiger partial charge in [0, 0.05) is 36.7 Å². The maximum absolute atomic E-state index is 13.0. The molecule has 2 N–H and O–H groups in total. The van der Waals surface area contributed by atoms with Crippen LogP contribution in [0.2, 0.25) is 0 Å². The highest BCUT2D eigenvalue weighted by Crippen LogP contribution is 2.20. The molecule has 0 saturated heterocycles. The molecule has 0 fully saturated rings. The van der Waals surface area contributed by atoms with Crippen molar-refractivity contribution in [1.82, 2.24) is 20.4 Å². The Kier molecular flexibility index (Phi) is 6.77. The molecule has 0 spiro atoms. The van der Waals surface area contributed by atoms with Crippen LogP contribution in [0.5, 0.6) is 0 Å². The number of H-pyrrole nitrogens is 1. The van der Waals surface area contributed by atoms with E-state index >= 15 is 0 Å². The summed E-state index contributed by atoms with van der Waals surface area (Å²) >= 11 is 1.39. The monoisotopic (exact) mass is 414 g/mol. The first kappa shape index (κ1) is 20.7. The van der Waals surface area contributed by atoms with Crippen molar-refractivity contribution in [2.75, 3.05) is 13.6 Å². The molecular weight excluding hydrogens is 391 g/mol. The third-order valence-corrected chi connectivity index (χ3v) is 5.51. The van der Waals surface area contributed by atoms with Gasteiger partial charge in [-0.1, -0.05) is 0 Å². The lowest BCUT2D eigenvalue weighted by atomic mass is 10.1. The molecule has 2 heterocycles. The van der Waals surface area contributed by atoms with Crippen LogP contribution in [0.4, 0.5) is 4.39 Å². The fraction of sp³-hybridized carbons (Fsp3) is 0.286. The number of carbonyl (C=O) groups excluding carboxylic acids is 2. The van der Waals surface area contributed by atoms with Gasteiger partial charge in [-0.3, -0.25) is 14.7 Å². The van der Waals surface area contributed by atoms with E-state index < -0.39 is 0 Å². The number of thiophene rings is 1. The molecule has 0 atom stereocenters. The van der Waals surface area contributed by atoms with E-state index in [1.54, 1.807) is 30.1 Å². The lowest BCUT2D eigenvalue weighted by Crippen LogP contribution is -2.27. The van der Waals surface area contributed by atoms with Crippen molar-refractivity contribution >= 4 is 23.2 Å². The normalized spacial score (nSPS) is 10.7. The molecule has 0 aliphatic carbocycles. The highest BCUT2D eigenvalue weighted by Gasteiger charge is 2.14. The van der Waals surface area contributed by atoms with Gasteiger partial charge in [-0.25, -0.2) is 4.39 Å². The van der Waals surface area contributed by atoms with E-state index in [0.29, 0.717) is 18.0 Å². The third-order valence-electron chi connectivity index (χ3n) is 4.44. The van der Waals surface area contributed by atoms with Gasteiger partial charge in [0.05, 0.1) is 17.1 Å². The maximum Gasteiger partial charge on any atom is 0.263 e. The predicted molar refractivity (Wildman–Crippen MR) is 111 cm³/mol. The molecular formula is C21H23FN4O2S. The van der Waals surface area contributed by atoms with Crippen LogP contribution in [0.3, 0.4) is 0 Å². The van der Waals surface area contributed by atoms with Gasteiger partial charge in [-0.05, 0) is 55.3 Å². The predicted octanol–water partition coefficient (Wildman–Crippen LogP) is 3.62. The SMILES string of the molecule is CC(=O)NCc1ccc(C(=O)N(C)CCCc2cc(-c3ccc(F)cc3)n[nH]2)s1. The first-order chi connectivity index (χ1) is 13.9. The molecule has 0 aliphatic heterocycles. The number of aromatic nitrogens is 2. The van der Waals surface area contributed by atoms with E-state index in [4.69, 9.17) is 0 Å². The van der Waals surface area contributed by atoms with Crippen molar-refractivity contribution in [3.05, 3.63) is 63.7 Å². The minimum absolute atomic E-state index is 0.0271. The number of aryl methyl sites for hydroxylation is 1. The minimum atomic E-state index is -0.273. The van der Waals surface area contributed by atoms with Gasteiger partial charge >= 0.3 is 0 Å². The minimum Gasteiger partial charge on any atom is -0.351 e. The number of nitrogens with zero attached hydrogens (tertiary/aromatic N) is 2. The fourth-order valence-corrected chi connectivity index (χ4v) is 3.80. The molecule has 0 bridgehead atoms. The Morgan fingerprint density at radius 1 is 1.21 bits per heavy atom. The molecule has 2 aromatic heterocycles. The molecule has 0 radical (unpaired) electrons. The summed E-state index contributed by atoms with van der Waals surface area (Å²) in [5.74, 6) is -0.393. The second-order valence-corrected chi connectivity index (χ2v) is 7.96. The molecule has 3 aromatic rings. The largest absolute Gasteiger partial charge is 0.351 e. The molecule has 3 rings (SSSR count). The number of benzene rings is 1. The Labute approximate surface area is 172 Å². The van der Waals surface area contributed by atoms with Crippen molar-refractivity contribution in [2.45, 2.75) is 26.3 Å². The lowest BCUT2D eigenvalue weighted by molar-refractivity contribution is -0.119. The Morgan fingerprint density at radius 3 is 2.69 bits per heavy atom. The van der Waals surface area contributed by atoms with E-state index in [2.05, 4.69) is 15.5 Å². The number of hydrogen-bond donors (Lipinski definition) is 2. The Morgan fingerprint density at radius 2 is 1.97 bits per heavy atom. The van der Waals surface area contributed by atoms with Crippen LogP contribution < -0.4 is 5.32 Å². The van der Waals surface area contributed by atoms with E-state index in [1.807, 2.05) is 12.1 Å². The molecule has 0 aliphatic rings. The Balaban J connectivity index is 1.48. The van der Waals surface area contributed by atoms with Gasteiger partial charge in [0.15, 0.2) is 0 Å². The van der Waals surface area contributed by atoms with Gasteiger partial charge in [0.1, 0.15) is 5.82 Å². The van der Waals surface area contributed by atoms with Crippen LogP contribution >= 0.6 is 11.3 Å². The van der Waals surface area contributed by atoms with E-state index in [1.165, 1.54) is 30.4 Å². The van der Waals surface area contributed by atoms with Gasteiger partial charge < -0.3 is 10.2 Å². The zero-order chi connectivity index (χ0) is 20.8. The molecule has 2 amide bonds. The van der Waals surface area contributed by atoms with Crippen LogP contribution in [-0.2, 0) is 17.8 Å². The summed E-state index contributed by atoms with van der Waals surface area (Å²) in [5.41, 5.74) is 2.60. The van der Waals surface area contributed by atoms with Crippen LogP contribution in [-0.4, -0.2) is 40.5 Å². The molecule has 8 heteroatoms. The number of rotatable bonds is 8. The van der Waals surface area contributed by atoms with Crippen molar-refractivity contribution in [3.8, 4) is 11.3 Å². The summed E-state index contributed by atoms with van der Waals surface area (Å²) in [4.78, 5) is 26.9. The number of hydrogen-bond acceptors (Lipinski definition) is 4. The number of carbonyl (C=O) groups is 2. The molecule has 0 unspecified atom stereocenters. The first-order valence-electron chi connectivity index (χ1n) is 9.31. The Hall–Kier alpha value is -3.00. The summed E-state index contributed by atoms with van der Waals surface area (Å²) in [6.45, 7) is 2.52. The standard InChI is InChI=1S/C21H23FN4O2S/c1-14(27)23-13-18-9-10-20(29-18)21(28)26(2)11-3-4-17-12-19(25-24-17)15-5-7-16(22)8-6-15/h5-10,12H,3-4,11,13H2,1-2H3,(H,23,27)(H,24,25). The van der Waals surface area contributed by atoms with Crippen molar-refractivity contribution in [2.24, 2.45) is 0 Å². The number of aromatic amines is 1. The van der Waals surface area contributed by atoms with Crippen LogP contribution in [0.1, 0.15) is 33.6 Å². The topological polar surface area (TPSA) is 78.1 Å². The van der Waals surface area contributed by atoms with Crippen molar-refractivity contribution in [1.29, 1.82) is 0 Å². The zero-order valence-electron chi connectivity index (χ0n) is 16.4. The fourth-order valence-electron chi connectivity index (χ4n) is 2.85. The second kappa shape index (κ2) is 9.47. The maximum atomic E-state index is 13.0. The second-order valence-electron chi connectivity index (χ2n) is 6.79. The molecule has 29 heavy (non-hydrogen) atoms. The molecule has 1 aromatic carbocycles. The molecule has 0 saturated carbocycles. The molecule has 152 valence electrons. The summed E-state index contributed by atoms with van der Waals surface area (Å²) < 4.78 is 13.0. The number of nitrogens with one attached hydrogen (secondary N) is 2. The van der Waals surface area contributed by atoms with Gasteiger partial charge in [-0.15, -0.1) is 11.3 Å². The average molecular weight is 415 g/mol. The summed E-state index contributed by atoms with van der Waals surface area (Å²) in [5, 5.41) is 10.0. The average Bonchev–Trinajstić information content (AvgIpc) is 3.36. The lowest BCUT2D eigenvalue weighted by Gasteiger charge is -2.15.